The molecule has 1 atom stereocenters. The van der Waals surface area contributed by atoms with E-state index in [-0.39, 0.29) is 25.0 Å². The van der Waals surface area contributed by atoms with Gasteiger partial charge in [-0.3, -0.25) is 9.69 Å². The maximum Gasteiger partial charge on any atom is 0.321 e. The monoisotopic (exact) mass is 315 g/mol. The number of epoxide rings is 1. The van der Waals surface area contributed by atoms with Gasteiger partial charge >= 0.3 is 6.03 Å². The van der Waals surface area contributed by atoms with Crippen molar-refractivity contribution < 1.29 is 14.3 Å². The highest BCUT2D eigenvalue weighted by Crippen LogP contribution is 2.23. The molecule has 23 heavy (non-hydrogen) atoms. The van der Waals surface area contributed by atoms with Gasteiger partial charge in [-0.25, -0.2) is 4.79 Å². The number of ether oxygens (including phenoxy) is 1. The number of primary amides is 1. The van der Waals surface area contributed by atoms with Gasteiger partial charge in [0.25, 0.3) is 0 Å². The number of rotatable bonds is 6. The maximum absolute atomic E-state index is 12.3. The molecular formula is C17H21N3O3. The van der Waals surface area contributed by atoms with Crippen LogP contribution < -0.4 is 5.73 Å². The van der Waals surface area contributed by atoms with E-state index in [2.05, 4.69) is 24.0 Å². The Labute approximate surface area is 134 Å². The van der Waals surface area contributed by atoms with E-state index in [0.29, 0.717) is 13.0 Å². The van der Waals surface area contributed by atoms with Crippen molar-refractivity contribution in [1.82, 2.24) is 9.88 Å². The highest BCUT2D eigenvalue weighted by molar-refractivity contribution is 5.94. The number of aryl methyl sites for hydroxylation is 2. The van der Waals surface area contributed by atoms with Gasteiger partial charge in [-0.15, -0.1) is 0 Å². The lowest BCUT2D eigenvalue weighted by Gasteiger charge is -2.17. The Kier molecular flexibility index (Phi) is 4.34. The third kappa shape index (κ3) is 3.37. The highest BCUT2D eigenvalue weighted by atomic mass is 16.6. The third-order valence-electron chi connectivity index (χ3n) is 4.23. The van der Waals surface area contributed by atoms with Crippen LogP contribution in [0.2, 0.25) is 0 Å². The van der Waals surface area contributed by atoms with Gasteiger partial charge in [-0.2, -0.15) is 0 Å². The molecule has 2 heterocycles. The van der Waals surface area contributed by atoms with Gasteiger partial charge in [0.2, 0.25) is 5.91 Å². The molecular weight excluding hydrogens is 294 g/mol. The number of nitrogens with zero attached hydrogens (tertiary/aromatic N) is 1. The van der Waals surface area contributed by atoms with Crippen molar-refractivity contribution in [3.63, 3.8) is 0 Å². The normalized spacial score (nSPS) is 16.5. The van der Waals surface area contributed by atoms with Crippen LogP contribution in [0.15, 0.2) is 24.4 Å². The molecule has 0 bridgehead atoms. The standard InChI is InChI=1S/C17H21N3O3/c1-2-11-4-3-5-14-12(8-19-16(11)14)6-7-15(21)20(17(18)22)9-13-10-23-13/h3-5,8,13,19H,2,6-7,9-10H2,1H3,(H2,18,22). The lowest BCUT2D eigenvalue weighted by molar-refractivity contribution is -0.128. The summed E-state index contributed by atoms with van der Waals surface area (Å²) >= 11 is 0. The molecule has 3 N–H and O–H groups in total. The van der Waals surface area contributed by atoms with E-state index in [4.69, 9.17) is 10.5 Å². The Morgan fingerprint density at radius 3 is 2.83 bits per heavy atom. The molecule has 6 heteroatoms. The predicted molar refractivity (Wildman–Crippen MR) is 87.0 cm³/mol. The Hall–Kier alpha value is -2.34. The van der Waals surface area contributed by atoms with Gasteiger partial charge in [0.05, 0.1) is 19.3 Å². The van der Waals surface area contributed by atoms with Crippen LogP contribution >= 0.6 is 0 Å². The molecule has 0 radical (unpaired) electrons. The Bertz CT molecular complexity index is 734. The van der Waals surface area contributed by atoms with Crippen LogP contribution in [-0.4, -0.2) is 41.1 Å². The summed E-state index contributed by atoms with van der Waals surface area (Å²) in [6, 6.07) is 5.46. The number of hydrogen-bond acceptors (Lipinski definition) is 3. The van der Waals surface area contributed by atoms with E-state index < -0.39 is 6.03 Å². The summed E-state index contributed by atoms with van der Waals surface area (Å²) in [5.74, 6) is -0.256. The first-order valence-electron chi connectivity index (χ1n) is 7.89. The smallest absolute Gasteiger partial charge is 0.321 e. The van der Waals surface area contributed by atoms with E-state index in [1.54, 1.807) is 0 Å². The van der Waals surface area contributed by atoms with Crippen LogP contribution in [0.4, 0.5) is 4.79 Å². The summed E-state index contributed by atoms with van der Waals surface area (Å²) in [5.41, 5.74) is 8.75. The second kappa shape index (κ2) is 6.42. The number of nitrogens with one attached hydrogen (secondary N) is 1. The molecule has 1 unspecified atom stereocenters. The van der Waals surface area contributed by atoms with Crippen molar-refractivity contribution >= 4 is 22.8 Å². The number of imide groups is 1. The first-order chi connectivity index (χ1) is 11.1. The van der Waals surface area contributed by atoms with E-state index in [1.165, 1.54) is 5.56 Å². The molecule has 3 rings (SSSR count). The number of benzene rings is 1. The molecule has 0 saturated carbocycles. The zero-order valence-electron chi connectivity index (χ0n) is 13.2. The number of fused-ring (bicyclic) bond motifs is 1. The number of carbonyl (C=O) groups is 2. The van der Waals surface area contributed by atoms with Crippen LogP contribution in [-0.2, 0) is 22.4 Å². The zero-order valence-corrected chi connectivity index (χ0v) is 13.2. The number of para-hydroxylation sites is 1. The maximum atomic E-state index is 12.3. The number of nitrogens with two attached hydrogens (primary N) is 1. The third-order valence-corrected chi connectivity index (χ3v) is 4.23. The largest absolute Gasteiger partial charge is 0.371 e. The number of H-pyrrole nitrogens is 1. The summed E-state index contributed by atoms with van der Waals surface area (Å²) in [5, 5.41) is 1.13. The van der Waals surface area contributed by atoms with E-state index in [1.807, 2.05) is 12.3 Å². The number of aromatic nitrogens is 1. The fourth-order valence-electron chi connectivity index (χ4n) is 2.85. The topological polar surface area (TPSA) is 91.7 Å². The average molecular weight is 315 g/mol. The van der Waals surface area contributed by atoms with Gasteiger partial charge in [0, 0.05) is 23.5 Å². The SMILES string of the molecule is CCc1cccc2c(CCC(=O)N(CC3CO3)C(N)=O)c[nH]c12. The van der Waals surface area contributed by atoms with E-state index in [9.17, 15) is 9.59 Å². The minimum Gasteiger partial charge on any atom is -0.371 e. The molecule has 1 aliphatic rings. The number of hydrogen-bond donors (Lipinski definition) is 2. The van der Waals surface area contributed by atoms with Crippen LogP contribution in [0.25, 0.3) is 10.9 Å². The van der Waals surface area contributed by atoms with Crippen LogP contribution in [0.5, 0.6) is 0 Å². The fraction of sp³-hybridized carbons (Fsp3) is 0.412. The van der Waals surface area contributed by atoms with E-state index >= 15 is 0 Å². The second-order valence-corrected chi connectivity index (χ2v) is 5.81. The molecule has 0 aliphatic carbocycles. The van der Waals surface area contributed by atoms with Gasteiger partial charge in [0.1, 0.15) is 0 Å². The van der Waals surface area contributed by atoms with Crippen molar-refractivity contribution in [1.29, 1.82) is 0 Å². The van der Waals surface area contributed by atoms with Gasteiger partial charge in [0.15, 0.2) is 0 Å². The number of amides is 3. The lowest BCUT2D eigenvalue weighted by Crippen LogP contribution is -2.43. The molecule has 122 valence electrons. The number of aromatic amines is 1. The Morgan fingerprint density at radius 2 is 2.17 bits per heavy atom. The summed E-state index contributed by atoms with van der Waals surface area (Å²) in [4.78, 5) is 28.1. The van der Waals surface area contributed by atoms with Gasteiger partial charge in [-0.05, 0) is 24.0 Å². The summed E-state index contributed by atoms with van der Waals surface area (Å²) < 4.78 is 5.07. The molecule has 1 aromatic heterocycles. The molecule has 2 aromatic rings. The van der Waals surface area contributed by atoms with Gasteiger partial charge in [-0.1, -0.05) is 25.1 Å². The zero-order chi connectivity index (χ0) is 16.4. The summed E-state index contributed by atoms with van der Waals surface area (Å²) in [6.07, 6.45) is 3.66. The quantitative estimate of drug-likeness (QED) is 0.798. The Morgan fingerprint density at radius 1 is 1.39 bits per heavy atom. The van der Waals surface area contributed by atoms with Crippen LogP contribution in [0, 0.1) is 0 Å². The molecule has 1 fully saturated rings. The highest BCUT2D eigenvalue weighted by Gasteiger charge is 2.30. The van der Waals surface area contributed by atoms with Crippen LogP contribution in [0.3, 0.4) is 0 Å². The minimum atomic E-state index is -0.710. The number of urea groups is 1. The van der Waals surface area contributed by atoms with Gasteiger partial charge < -0.3 is 15.5 Å². The Balaban J connectivity index is 1.69. The van der Waals surface area contributed by atoms with Crippen LogP contribution in [0.1, 0.15) is 24.5 Å². The molecule has 1 aliphatic heterocycles. The molecule has 6 nitrogen and oxygen atoms in total. The summed E-state index contributed by atoms with van der Waals surface area (Å²) in [6.45, 7) is 2.95. The second-order valence-electron chi connectivity index (χ2n) is 5.81. The average Bonchev–Trinajstić information content (AvgIpc) is 3.27. The molecule has 3 amide bonds. The van der Waals surface area contributed by atoms with Crippen molar-refractivity contribution in [3.05, 3.63) is 35.5 Å². The fourth-order valence-corrected chi connectivity index (χ4v) is 2.85. The lowest BCUT2D eigenvalue weighted by atomic mass is 10.0. The molecule has 1 saturated heterocycles. The first-order valence-corrected chi connectivity index (χ1v) is 7.89. The molecule has 1 aromatic carbocycles. The minimum absolute atomic E-state index is 0.0494. The van der Waals surface area contributed by atoms with Crippen molar-refractivity contribution in [2.75, 3.05) is 13.2 Å². The van der Waals surface area contributed by atoms with Crippen molar-refractivity contribution in [2.45, 2.75) is 32.3 Å². The molecule has 0 spiro atoms. The van der Waals surface area contributed by atoms with Crippen molar-refractivity contribution in [3.8, 4) is 0 Å². The number of carbonyl (C=O) groups excluding carboxylic acids is 2. The van der Waals surface area contributed by atoms with Crippen molar-refractivity contribution in [2.24, 2.45) is 5.73 Å². The predicted octanol–water partition coefficient (Wildman–Crippen LogP) is 1.97. The summed E-state index contributed by atoms with van der Waals surface area (Å²) in [7, 11) is 0. The van der Waals surface area contributed by atoms with E-state index in [0.717, 1.165) is 27.8 Å². The first kappa shape index (κ1) is 15.6.